The van der Waals surface area contributed by atoms with Crippen LogP contribution in [0.15, 0.2) is 29.9 Å². The van der Waals surface area contributed by atoms with E-state index in [0.29, 0.717) is 32.5 Å². The van der Waals surface area contributed by atoms with Gasteiger partial charge in [-0.15, -0.1) is 0 Å². The van der Waals surface area contributed by atoms with Crippen molar-refractivity contribution in [1.82, 2.24) is 29.7 Å². The molecule has 3 fully saturated rings. The minimum absolute atomic E-state index is 0.534. The standard InChI is InChI=1S/3C10H20.C6H9N3O3.3C6H12N2O2/c3*1-9(2)6-5-7-10(3,4)8-9;1-7-4(10)8(2)6(12)9(3)5(7)11;3*1-4-5(2)8-10-6(9)7-3/h3*5-8H2,1-4H3;1-3H3;3*4H2,1-3H3,(H,7,9)/b;;;;3*8-5-. The van der Waals surface area contributed by atoms with Crippen molar-refractivity contribution in [3.63, 3.8) is 0 Å². The number of carbonyl (C=O) groups is 3. The molecule has 1 aromatic heterocycles. The van der Waals surface area contributed by atoms with Gasteiger partial charge in [-0.25, -0.2) is 42.5 Å². The van der Waals surface area contributed by atoms with E-state index in [1.54, 1.807) is 20.8 Å². The molecule has 0 bridgehead atoms. The lowest BCUT2D eigenvalue weighted by molar-refractivity contribution is 0.115. The van der Waals surface area contributed by atoms with E-state index in [1.807, 2.05) is 20.8 Å². The van der Waals surface area contributed by atoms with Gasteiger partial charge in [0.05, 0.1) is 17.1 Å². The van der Waals surface area contributed by atoms with Gasteiger partial charge in [-0.05, 0) is 130 Å². The van der Waals surface area contributed by atoms with E-state index < -0.39 is 35.3 Å². The zero-order chi connectivity index (χ0) is 56.9. The Morgan fingerprint density at radius 3 is 0.694 bits per heavy atom. The highest BCUT2D eigenvalue weighted by Gasteiger charge is 2.34. The maximum atomic E-state index is 11.1. The molecule has 0 atom stereocenters. The van der Waals surface area contributed by atoms with Crippen molar-refractivity contribution in [2.24, 2.45) is 69.1 Å². The zero-order valence-corrected chi connectivity index (χ0v) is 50.0. The lowest BCUT2D eigenvalue weighted by Crippen LogP contribution is -2.51. The SMILES string of the molecule is CC/C(C)=N\OC(=O)NC.CC/C(C)=N\OC(=O)NC.CC/C(C)=N\OC(=O)NC.CC1(C)CCCC(C)(C)C1.CC1(C)CCCC(C)(C)C1.CC1(C)CCCC(C)(C)C1.Cn1c(=O)n(C)c(=O)n(C)c1=O. The number of amides is 3. The summed E-state index contributed by atoms with van der Waals surface area (Å²) in [5.41, 5.74) is 4.24. The summed E-state index contributed by atoms with van der Waals surface area (Å²) in [4.78, 5) is 77.5. The molecule has 0 aromatic carbocycles. The fourth-order valence-corrected chi connectivity index (χ4v) is 9.16. The minimum Gasteiger partial charge on any atom is -0.323 e. The third kappa shape index (κ3) is 34.6. The Hall–Kier alpha value is -4.77. The molecule has 3 aliphatic carbocycles. The molecule has 0 saturated heterocycles. The van der Waals surface area contributed by atoms with E-state index in [1.165, 1.54) is 119 Å². The van der Waals surface area contributed by atoms with Gasteiger partial charge in [-0.2, -0.15) is 0 Å². The highest BCUT2D eigenvalue weighted by Crippen LogP contribution is 2.47. The van der Waals surface area contributed by atoms with Crippen molar-refractivity contribution in [1.29, 1.82) is 0 Å². The van der Waals surface area contributed by atoms with Crippen LogP contribution >= 0.6 is 0 Å². The molecule has 0 unspecified atom stereocenters. The minimum atomic E-state index is -0.608. The molecule has 0 radical (unpaired) electrons. The predicted octanol–water partition coefficient (Wildman–Crippen LogP) is 12.0. The normalized spacial score (nSPS) is 18.8. The van der Waals surface area contributed by atoms with Crippen LogP contribution in [-0.4, -0.2) is 70.3 Å². The van der Waals surface area contributed by atoms with Gasteiger partial charge in [0, 0.05) is 42.3 Å². The third-order valence-electron chi connectivity index (χ3n) is 12.7. The molecule has 72 heavy (non-hydrogen) atoms. The van der Waals surface area contributed by atoms with Crippen LogP contribution in [0.5, 0.6) is 0 Å². The van der Waals surface area contributed by atoms with Gasteiger partial charge in [-0.3, -0.25) is 14.5 Å². The average molecular weight is 1020 g/mol. The molecule has 3 amide bonds. The predicted molar refractivity (Wildman–Crippen MR) is 297 cm³/mol. The van der Waals surface area contributed by atoms with Crippen LogP contribution in [0.25, 0.3) is 0 Å². The van der Waals surface area contributed by atoms with Gasteiger partial charge in [0.15, 0.2) is 0 Å². The van der Waals surface area contributed by atoms with Crippen LogP contribution in [0.1, 0.15) is 221 Å². The van der Waals surface area contributed by atoms with E-state index >= 15 is 0 Å². The van der Waals surface area contributed by atoms with Crippen LogP contribution < -0.4 is 33.0 Å². The summed E-state index contributed by atoms with van der Waals surface area (Å²) in [6.07, 6.45) is 17.8. The van der Waals surface area contributed by atoms with Crippen molar-refractivity contribution in [3.05, 3.63) is 31.5 Å². The zero-order valence-electron chi connectivity index (χ0n) is 50.0. The molecule has 420 valence electrons. The summed E-state index contributed by atoms with van der Waals surface area (Å²) in [6.45, 7) is 40.0. The second-order valence-corrected chi connectivity index (χ2v) is 24.0. The first-order valence-electron chi connectivity index (χ1n) is 25.9. The highest BCUT2D eigenvalue weighted by atomic mass is 16.7. The van der Waals surface area contributed by atoms with Crippen molar-refractivity contribution in [2.75, 3.05) is 21.1 Å². The molecule has 4 rings (SSSR count). The maximum Gasteiger partial charge on any atom is 0.433 e. The molecule has 3 aliphatic rings. The first-order chi connectivity index (χ1) is 32.8. The van der Waals surface area contributed by atoms with Crippen LogP contribution in [-0.2, 0) is 35.7 Å². The van der Waals surface area contributed by atoms with Crippen LogP contribution in [0.4, 0.5) is 14.4 Å². The molecule has 3 N–H and O–H groups in total. The Labute approximate surface area is 435 Å². The highest BCUT2D eigenvalue weighted by molar-refractivity contribution is 5.82. The summed E-state index contributed by atoms with van der Waals surface area (Å²) >= 11 is 0. The molecule has 1 aromatic rings. The molecular weight excluding hydrogens is 919 g/mol. The lowest BCUT2D eigenvalue weighted by atomic mass is 9.65. The Kier molecular flexibility index (Phi) is 33.6. The lowest BCUT2D eigenvalue weighted by Gasteiger charge is -2.40. The molecule has 0 spiro atoms. The fourth-order valence-electron chi connectivity index (χ4n) is 9.16. The summed E-state index contributed by atoms with van der Waals surface area (Å²) in [5, 5.41) is 17.4. The number of hydrogen-bond acceptors (Lipinski definition) is 12. The molecule has 18 heteroatoms. The summed E-state index contributed by atoms with van der Waals surface area (Å²) in [5.74, 6) is 0. The number of oxime groups is 3. The van der Waals surface area contributed by atoms with Crippen molar-refractivity contribution in [3.8, 4) is 0 Å². The van der Waals surface area contributed by atoms with Gasteiger partial charge in [-0.1, -0.05) is 139 Å². The van der Waals surface area contributed by atoms with E-state index in [2.05, 4.69) is 129 Å². The smallest absolute Gasteiger partial charge is 0.323 e. The Morgan fingerprint density at radius 1 is 0.417 bits per heavy atom. The Bertz CT molecular complexity index is 1750. The van der Waals surface area contributed by atoms with E-state index in [-0.39, 0.29) is 0 Å². The van der Waals surface area contributed by atoms with Gasteiger partial charge in [0.25, 0.3) is 0 Å². The first kappa shape index (κ1) is 71.5. The van der Waals surface area contributed by atoms with Gasteiger partial charge < -0.3 is 16.0 Å². The number of nitrogens with zero attached hydrogens (tertiary/aromatic N) is 6. The monoisotopic (exact) mass is 1020 g/mol. The van der Waals surface area contributed by atoms with E-state index in [0.717, 1.165) is 50.1 Å². The average Bonchev–Trinajstić information content (AvgIpc) is 3.28. The van der Waals surface area contributed by atoms with E-state index in [4.69, 9.17) is 0 Å². The van der Waals surface area contributed by atoms with Crippen LogP contribution in [0.3, 0.4) is 0 Å². The Morgan fingerprint density at radius 2 is 0.583 bits per heavy atom. The number of hydrogen-bond donors (Lipinski definition) is 3. The number of rotatable bonds is 6. The topological polar surface area (TPSA) is 218 Å². The largest absolute Gasteiger partial charge is 0.433 e. The van der Waals surface area contributed by atoms with Crippen molar-refractivity contribution in [2.45, 2.75) is 221 Å². The third-order valence-corrected chi connectivity index (χ3v) is 12.7. The quantitative estimate of drug-likeness (QED) is 0.140. The fraction of sp³-hybridized carbons (Fsp3) is 0.833. The van der Waals surface area contributed by atoms with Gasteiger partial charge >= 0.3 is 35.3 Å². The maximum absolute atomic E-state index is 11.1. The molecule has 1 heterocycles. The Balaban J connectivity index is -0.000000772. The van der Waals surface area contributed by atoms with Crippen LogP contribution in [0.2, 0.25) is 0 Å². The molecule has 3 saturated carbocycles. The summed E-state index contributed by atoms with van der Waals surface area (Å²) in [7, 11) is 8.43. The second-order valence-electron chi connectivity index (χ2n) is 24.0. The molecule has 0 aliphatic heterocycles. The van der Waals surface area contributed by atoms with Gasteiger partial charge in [0.1, 0.15) is 0 Å². The second kappa shape index (κ2) is 33.9. The summed E-state index contributed by atoms with van der Waals surface area (Å²) in [6, 6.07) is 0. The van der Waals surface area contributed by atoms with E-state index in [9.17, 15) is 28.8 Å². The summed E-state index contributed by atoms with van der Waals surface area (Å²) < 4.78 is 2.63. The molecular formula is C54H105N9O9. The number of nitrogens with one attached hydrogen (secondary N) is 3. The van der Waals surface area contributed by atoms with Crippen molar-refractivity contribution >= 4 is 35.4 Å². The first-order valence-corrected chi connectivity index (χ1v) is 25.9. The van der Waals surface area contributed by atoms with Crippen LogP contribution in [0, 0.1) is 32.5 Å². The number of aromatic nitrogens is 3. The van der Waals surface area contributed by atoms with Gasteiger partial charge in [0.2, 0.25) is 0 Å². The molecule has 18 nitrogen and oxygen atoms in total. The van der Waals surface area contributed by atoms with Crippen molar-refractivity contribution < 1.29 is 28.9 Å². The number of carbonyl (C=O) groups excluding carboxylic acids is 3.